The van der Waals surface area contributed by atoms with Crippen LogP contribution in [0.2, 0.25) is 0 Å². The molecule has 0 aliphatic heterocycles. The van der Waals surface area contributed by atoms with E-state index in [1.54, 1.807) is 0 Å². The fraction of sp³-hybridized carbons (Fsp3) is 0.852. The predicted molar refractivity (Wildman–Crippen MR) is 260 cm³/mol. The van der Waals surface area contributed by atoms with Gasteiger partial charge in [0.25, 0.3) is 0 Å². The topological polar surface area (TPSA) is 115 Å². The number of unbranched alkanes of at least 4 members (excludes halogenated alkanes) is 26. The molecule has 1 rings (SSSR count). The number of hydrogen-bond acceptors (Lipinski definition) is 4. The van der Waals surface area contributed by atoms with E-state index in [0.717, 1.165) is 77.0 Å². The smallest absolute Gasteiger partial charge is 0.307 e. The van der Waals surface area contributed by atoms with E-state index in [-0.39, 0.29) is 24.7 Å². The van der Waals surface area contributed by atoms with Crippen LogP contribution in [0.15, 0.2) is 24.3 Å². The molecule has 0 bridgehead atoms. The summed E-state index contributed by atoms with van der Waals surface area (Å²) in [6.07, 6.45) is 46.7. The maximum absolute atomic E-state index is 14.7. The molecule has 0 spiro atoms. The van der Waals surface area contributed by atoms with E-state index in [4.69, 9.17) is 0 Å². The number of allylic oxidation sites excluding steroid dienone is 4. The second kappa shape index (κ2) is 39.9. The second-order valence-electron chi connectivity index (χ2n) is 18.8. The molecule has 0 aromatic heterocycles. The molecule has 0 saturated heterocycles. The summed E-state index contributed by atoms with van der Waals surface area (Å²) < 4.78 is 0. The van der Waals surface area contributed by atoms with Crippen molar-refractivity contribution in [3.63, 3.8) is 0 Å². The lowest BCUT2D eigenvalue weighted by atomic mass is 9.67. The molecule has 2 amide bonds. The van der Waals surface area contributed by atoms with Crippen LogP contribution in [0.1, 0.15) is 246 Å². The molecule has 2 N–H and O–H groups in total. The molecule has 360 valence electrons. The largest absolute Gasteiger partial charge is 0.481 e. The normalized spacial score (nSPS) is 17.9. The number of aliphatic carboxylic acids is 2. The molecule has 1 fully saturated rings. The molecule has 62 heavy (non-hydrogen) atoms. The summed E-state index contributed by atoms with van der Waals surface area (Å²) in [6.45, 7) is 11.0. The van der Waals surface area contributed by atoms with Gasteiger partial charge in [-0.3, -0.25) is 19.2 Å². The Hall–Kier alpha value is -2.64. The van der Waals surface area contributed by atoms with Crippen molar-refractivity contribution in [2.24, 2.45) is 23.7 Å². The van der Waals surface area contributed by atoms with E-state index >= 15 is 0 Å². The minimum atomic E-state index is -1.19. The van der Waals surface area contributed by atoms with E-state index in [1.807, 2.05) is 9.80 Å². The van der Waals surface area contributed by atoms with Gasteiger partial charge in [-0.15, -0.1) is 0 Å². The van der Waals surface area contributed by atoms with Crippen LogP contribution in [0.5, 0.6) is 0 Å². The highest BCUT2D eigenvalue weighted by molar-refractivity contribution is 5.90. The van der Waals surface area contributed by atoms with Crippen molar-refractivity contribution < 1.29 is 29.4 Å². The van der Waals surface area contributed by atoms with Gasteiger partial charge >= 0.3 is 11.9 Å². The number of carboxylic acid groups (broad SMARTS) is 2. The first-order valence-electron chi connectivity index (χ1n) is 26.6. The van der Waals surface area contributed by atoms with Gasteiger partial charge in [-0.05, 0) is 89.9 Å². The van der Waals surface area contributed by atoms with Crippen LogP contribution < -0.4 is 0 Å². The lowest BCUT2D eigenvalue weighted by Crippen LogP contribution is -2.52. The van der Waals surface area contributed by atoms with Gasteiger partial charge in [0, 0.05) is 26.2 Å². The van der Waals surface area contributed by atoms with Gasteiger partial charge < -0.3 is 20.0 Å². The Kier molecular flexibility index (Phi) is 36.9. The summed E-state index contributed by atoms with van der Waals surface area (Å²) in [5, 5.41) is 20.3. The number of amides is 2. The van der Waals surface area contributed by atoms with Crippen molar-refractivity contribution in [2.75, 3.05) is 26.2 Å². The van der Waals surface area contributed by atoms with Crippen molar-refractivity contribution in [2.45, 2.75) is 246 Å². The zero-order valence-electron chi connectivity index (χ0n) is 40.9. The number of carbonyl (C=O) groups is 4. The fourth-order valence-electron chi connectivity index (χ4n) is 9.23. The number of nitrogens with zero attached hydrogens (tertiary/aromatic N) is 2. The molecule has 0 aromatic rings. The number of rotatable bonds is 42. The highest BCUT2D eigenvalue weighted by Crippen LogP contribution is 2.41. The van der Waals surface area contributed by atoms with Crippen molar-refractivity contribution in [3.8, 4) is 0 Å². The molecule has 4 unspecified atom stereocenters. The third kappa shape index (κ3) is 27.5. The standard InChI is InChI=1S/C54H98N2O6/c1-5-9-13-15-17-19-21-23-25-27-29-31-33-35-37-39-43-56(44-40-38-36-34-32-30-28-26-24-22-20-18-16-14-10-6-2)52(58)48-46-50(54(61)62)49(53(59)60)45-47(48)51(57)55(41-11-7-3)42-12-8-4/h23-26,47-50H,5-22,27-46H2,1-4H3,(H,59,60)(H,61,62)/b25-23-,26-24-. The first kappa shape index (κ1) is 57.4. The molecule has 4 atom stereocenters. The van der Waals surface area contributed by atoms with Gasteiger partial charge in [0.2, 0.25) is 11.8 Å². The molecule has 0 aromatic carbocycles. The minimum absolute atomic E-state index is 0.103. The minimum Gasteiger partial charge on any atom is -0.481 e. The Labute approximate surface area is 381 Å². The summed E-state index contributed by atoms with van der Waals surface area (Å²) in [5.41, 5.74) is 0. The van der Waals surface area contributed by atoms with Crippen molar-refractivity contribution in [1.29, 1.82) is 0 Å². The van der Waals surface area contributed by atoms with Crippen LogP contribution >= 0.6 is 0 Å². The third-order valence-electron chi connectivity index (χ3n) is 13.3. The average molecular weight is 871 g/mol. The zero-order chi connectivity index (χ0) is 45.5. The molecule has 0 heterocycles. The van der Waals surface area contributed by atoms with Crippen LogP contribution in [-0.4, -0.2) is 69.9 Å². The van der Waals surface area contributed by atoms with Crippen LogP contribution in [0.4, 0.5) is 0 Å². The molecule has 1 aliphatic carbocycles. The first-order chi connectivity index (χ1) is 30.2. The summed E-state index contributed by atoms with van der Waals surface area (Å²) in [7, 11) is 0. The maximum atomic E-state index is 14.7. The highest BCUT2D eigenvalue weighted by atomic mass is 16.4. The molecule has 1 saturated carbocycles. The molecule has 1 aliphatic rings. The van der Waals surface area contributed by atoms with E-state index in [1.165, 1.54) is 128 Å². The lowest BCUT2D eigenvalue weighted by Gasteiger charge is -2.41. The van der Waals surface area contributed by atoms with E-state index in [9.17, 15) is 29.4 Å². The summed E-state index contributed by atoms with van der Waals surface area (Å²) >= 11 is 0. The van der Waals surface area contributed by atoms with E-state index < -0.39 is 35.6 Å². The molecule has 8 heteroatoms. The number of carbonyl (C=O) groups excluding carboxylic acids is 2. The van der Waals surface area contributed by atoms with Gasteiger partial charge in [0.05, 0.1) is 23.7 Å². The third-order valence-corrected chi connectivity index (χ3v) is 13.3. The fourth-order valence-corrected chi connectivity index (χ4v) is 9.23. The monoisotopic (exact) mass is 871 g/mol. The number of hydrogen-bond donors (Lipinski definition) is 2. The zero-order valence-corrected chi connectivity index (χ0v) is 40.9. The van der Waals surface area contributed by atoms with Crippen molar-refractivity contribution >= 4 is 23.8 Å². The Morgan fingerprint density at radius 2 is 0.597 bits per heavy atom. The summed E-state index contributed by atoms with van der Waals surface area (Å²) in [5.74, 6) is -6.74. The molecule has 8 nitrogen and oxygen atoms in total. The van der Waals surface area contributed by atoms with Crippen LogP contribution in [0.3, 0.4) is 0 Å². The van der Waals surface area contributed by atoms with Gasteiger partial charge in [-0.25, -0.2) is 0 Å². The summed E-state index contributed by atoms with van der Waals surface area (Å²) in [4.78, 5) is 57.7. The Morgan fingerprint density at radius 3 is 0.871 bits per heavy atom. The summed E-state index contributed by atoms with van der Waals surface area (Å²) in [6, 6.07) is 0. The molecular formula is C54H98N2O6. The average Bonchev–Trinajstić information content (AvgIpc) is 3.27. The Morgan fingerprint density at radius 1 is 0.355 bits per heavy atom. The lowest BCUT2D eigenvalue weighted by molar-refractivity contribution is -0.164. The van der Waals surface area contributed by atoms with E-state index in [2.05, 4.69) is 52.0 Å². The second-order valence-corrected chi connectivity index (χ2v) is 18.8. The highest BCUT2D eigenvalue weighted by Gasteiger charge is 2.50. The van der Waals surface area contributed by atoms with Gasteiger partial charge in [-0.1, -0.05) is 180 Å². The quantitative estimate of drug-likeness (QED) is 0.0466. The Balaban J connectivity index is 2.85. The molecule has 0 radical (unpaired) electrons. The van der Waals surface area contributed by atoms with Crippen LogP contribution in [0.25, 0.3) is 0 Å². The SMILES string of the molecule is CCCCCCCC/C=C\CCCCCCCCN(CCCCCCCC/C=C\CCCCCCCC)C(=O)C1CC(C(=O)O)C(C(=O)O)CC1C(=O)N(CCCC)CCCC. The van der Waals surface area contributed by atoms with Gasteiger partial charge in [-0.2, -0.15) is 0 Å². The van der Waals surface area contributed by atoms with Crippen LogP contribution in [-0.2, 0) is 19.2 Å². The predicted octanol–water partition coefficient (Wildman–Crippen LogP) is 14.7. The molecular weight excluding hydrogens is 773 g/mol. The first-order valence-corrected chi connectivity index (χ1v) is 26.6. The van der Waals surface area contributed by atoms with Gasteiger partial charge in [0.15, 0.2) is 0 Å². The van der Waals surface area contributed by atoms with Crippen LogP contribution in [0, 0.1) is 23.7 Å². The van der Waals surface area contributed by atoms with Crippen molar-refractivity contribution in [1.82, 2.24) is 9.80 Å². The number of carboxylic acids is 2. The Bertz CT molecular complexity index is 1140. The van der Waals surface area contributed by atoms with Gasteiger partial charge in [0.1, 0.15) is 0 Å². The van der Waals surface area contributed by atoms with Crippen molar-refractivity contribution in [3.05, 3.63) is 24.3 Å². The van der Waals surface area contributed by atoms with E-state index in [0.29, 0.717) is 26.2 Å². The maximum Gasteiger partial charge on any atom is 0.307 e.